The van der Waals surface area contributed by atoms with Crippen LogP contribution < -0.4 is 16.6 Å². The minimum Gasteiger partial charge on any atom is -0.481 e. The molecule has 3 rings (SSSR count). The Balaban J connectivity index is 1.65. The smallest absolute Gasteiger partial charge is 0.326 e. The number of fused-ring (bicyclic) bond motifs is 1. The fourth-order valence-corrected chi connectivity index (χ4v) is 3.56. The molecule has 2 heterocycles. The number of aliphatic carboxylic acids is 2. The Morgan fingerprint density at radius 3 is 2.71 bits per heavy atom. The van der Waals surface area contributed by atoms with Gasteiger partial charge in [-0.2, -0.15) is 4.98 Å². The molecule has 0 bridgehead atoms. The van der Waals surface area contributed by atoms with Gasteiger partial charge in [0.1, 0.15) is 6.04 Å². The van der Waals surface area contributed by atoms with E-state index in [0.717, 1.165) is 0 Å². The summed E-state index contributed by atoms with van der Waals surface area (Å²) in [5.41, 5.74) is 5.99. The minimum atomic E-state index is -1.30. The predicted octanol–water partition coefficient (Wildman–Crippen LogP) is -0.628. The lowest BCUT2D eigenvalue weighted by Gasteiger charge is -2.27. The van der Waals surface area contributed by atoms with Crippen molar-refractivity contribution in [3.63, 3.8) is 0 Å². The average molecular weight is 473 g/mol. The summed E-state index contributed by atoms with van der Waals surface area (Å²) in [7, 11) is 0. The number of nitrogens with one attached hydrogen (secondary N) is 2. The van der Waals surface area contributed by atoms with Crippen LogP contribution in [0.1, 0.15) is 37.8 Å². The Morgan fingerprint density at radius 1 is 1.32 bits per heavy atom. The van der Waals surface area contributed by atoms with Gasteiger partial charge in [-0.3, -0.25) is 24.2 Å². The number of H-pyrrole nitrogens is 1. The van der Waals surface area contributed by atoms with Gasteiger partial charge in [-0.15, -0.1) is 0 Å². The number of carbonyl (C=O) groups excluding carboxylic acids is 2. The first-order chi connectivity index (χ1) is 16.2. The third-order valence-electron chi connectivity index (χ3n) is 5.33. The van der Waals surface area contributed by atoms with Crippen LogP contribution in [-0.4, -0.2) is 65.3 Å². The second-order valence-corrected chi connectivity index (χ2v) is 7.72. The van der Waals surface area contributed by atoms with Crippen LogP contribution in [0.5, 0.6) is 0 Å². The van der Waals surface area contributed by atoms with Crippen LogP contribution in [0.3, 0.4) is 0 Å². The van der Waals surface area contributed by atoms with Gasteiger partial charge >= 0.3 is 11.9 Å². The number of hydrogen-bond acceptors (Lipinski definition) is 9. The van der Waals surface area contributed by atoms with Crippen molar-refractivity contribution in [1.29, 1.82) is 0 Å². The molecule has 14 heteroatoms. The van der Waals surface area contributed by atoms with E-state index in [1.54, 1.807) is 6.08 Å². The molecule has 1 unspecified atom stereocenters. The molecule has 0 radical (unpaired) electrons. The number of carboxylic acid groups (broad SMARTS) is 2. The van der Waals surface area contributed by atoms with Gasteiger partial charge in [0, 0.05) is 18.0 Å². The van der Waals surface area contributed by atoms with E-state index in [1.165, 1.54) is 11.1 Å². The Labute approximate surface area is 191 Å². The van der Waals surface area contributed by atoms with Crippen molar-refractivity contribution in [1.82, 2.24) is 30.2 Å². The number of allylic oxidation sites excluding steroid dienone is 2. The highest BCUT2D eigenvalue weighted by molar-refractivity contribution is 5.85. The Kier molecular flexibility index (Phi) is 7.50. The van der Waals surface area contributed by atoms with E-state index in [-0.39, 0.29) is 42.9 Å². The molecule has 2 aromatic heterocycles. The normalized spacial score (nSPS) is 16.4. The number of rotatable bonds is 10. The summed E-state index contributed by atoms with van der Waals surface area (Å²) in [4.78, 5) is 74.1. The van der Waals surface area contributed by atoms with E-state index >= 15 is 0 Å². The van der Waals surface area contributed by atoms with Gasteiger partial charge in [0.15, 0.2) is 11.2 Å². The van der Waals surface area contributed by atoms with Crippen molar-refractivity contribution in [3.05, 3.63) is 34.0 Å². The van der Waals surface area contributed by atoms with Crippen LogP contribution in [-0.2, 0) is 25.7 Å². The van der Waals surface area contributed by atoms with Gasteiger partial charge in [-0.25, -0.2) is 14.8 Å². The van der Waals surface area contributed by atoms with Crippen LogP contribution in [0, 0.1) is 5.92 Å². The standard InChI is InChI=1S/C20H23N7O7/c21-20-25-16-15(18(32)26-20)23-11(7-22-16)8-27(9-28)12-3-1-10(2-4-12)17(31)24-13(19(33)34)5-6-14(29)30/h3,7,9-10,13H,1-2,4-6,8H2,(H,24,31)(H,29,30)(H,33,34)(H3,21,22,25,26,32)/t10?,13-/m0/s1. The summed E-state index contributed by atoms with van der Waals surface area (Å²) in [5.74, 6) is -3.55. The SMILES string of the molecule is Nc1nc2ncc(CN(C=O)C3=CCC(C(=O)N[C@@H](CCC(=O)O)C(=O)O)CC3)nc2c(=O)[nH]1. The Morgan fingerprint density at radius 2 is 2.09 bits per heavy atom. The molecule has 2 amide bonds. The highest BCUT2D eigenvalue weighted by Crippen LogP contribution is 2.26. The molecule has 6 N–H and O–H groups in total. The second kappa shape index (κ2) is 10.5. The molecule has 1 aliphatic rings. The zero-order valence-electron chi connectivity index (χ0n) is 17.9. The van der Waals surface area contributed by atoms with E-state index < -0.39 is 35.4 Å². The summed E-state index contributed by atoms with van der Waals surface area (Å²) in [5, 5.41) is 20.3. The largest absolute Gasteiger partial charge is 0.481 e. The molecule has 1 aliphatic carbocycles. The first-order valence-electron chi connectivity index (χ1n) is 10.3. The number of aromatic nitrogens is 4. The molecule has 180 valence electrons. The van der Waals surface area contributed by atoms with Crippen molar-refractivity contribution in [2.24, 2.45) is 5.92 Å². The molecule has 0 aliphatic heterocycles. The van der Waals surface area contributed by atoms with Crippen LogP contribution in [0.25, 0.3) is 11.2 Å². The lowest BCUT2D eigenvalue weighted by molar-refractivity contribution is -0.143. The summed E-state index contributed by atoms with van der Waals surface area (Å²) in [6.07, 6.45) is 4.09. The van der Waals surface area contributed by atoms with Gasteiger partial charge in [0.25, 0.3) is 5.56 Å². The summed E-state index contributed by atoms with van der Waals surface area (Å²) >= 11 is 0. The zero-order chi connectivity index (χ0) is 24.8. The number of carboxylic acids is 2. The number of carbonyl (C=O) groups is 4. The van der Waals surface area contributed by atoms with Gasteiger partial charge < -0.3 is 26.2 Å². The molecule has 14 nitrogen and oxygen atoms in total. The molecule has 2 atom stereocenters. The third kappa shape index (κ3) is 5.90. The van der Waals surface area contributed by atoms with Crippen molar-refractivity contribution >= 4 is 41.4 Å². The molecule has 0 saturated heterocycles. The fourth-order valence-electron chi connectivity index (χ4n) is 3.56. The van der Waals surface area contributed by atoms with E-state index in [0.29, 0.717) is 30.6 Å². The number of nitrogens with two attached hydrogens (primary N) is 1. The highest BCUT2D eigenvalue weighted by Gasteiger charge is 2.28. The zero-order valence-corrected chi connectivity index (χ0v) is 17.9. The topological polar surface area (TPSA) is 222 Å². The molecular formula is C20H23N7O7. The first-order valence-corrected chi connectivity index (χ1v) is 10.3. The second-order valence-electron chi connectivity index (χ2n) is 7.72. The number of anilines is 1. The predicted molar refractivity (Wildman–Crippen MR) is 116 cm³/mol. The average Bonchev–Trinajstić information content (AvgIpc) is 2.80. The molecule has 0 saturated carbocycles. The van der Waals surface area contributed by atoms with Gasteiger partial charge in [-0.1, -0.05) is 6.08 Å². The van der Waals surface area contributed by atoms with E-state index in [9.17, 15) is 29.1 Å². The summed E-state index contributed by atoms with van der Waals surface area (Å²) in [6.45, 7) is 0.0369. The van der Waals surface area contributed by atoms with Crippen LogP contribution in [0.15, 0.2) is 22.8 Å². The van der Waals surface area contributed by atoms with Crippen LogP contribution in [0.2, 0.25) is 0 Å². The number of aromatic amines is 1. The van der Waals surface area contributed by atoms with Gasteiger partial charge in [-0.05, 0) is 25.7 Å². The van der Waals surface area contributed by atoms with Crippen LogP contribution >= 0.6 is 0 Å². The molecular weight excluding hydrogens is 450 g/mol. The number of nitrogens with zero attached hydrogens (tertiary/aromatic N) is 4. The van der Waals surface area contributed by atoms with Crippen LogP contribution in [0.4, 0.5) is 5.95 Å². The summed E-state index contributed by atoms with van der Waals surface area (Å²) < 4.78 is 0. The van der Waals surface area contributed by atoms with Gasteiger partial charge in [0.05, 0.1) is 18.4 Å². The Hall–Kier alpha value is -4.36. The molecule has 0 aromatic carbocycles. The lowest BCUT2D eigenvalue weighted by atomic mass is 9.90. The van der Waals surface area contributed by atoms with E-state index in [1.807, 2.05) is 0 Å². The molecule has 2 aromatic rings. The molecule has 0 spiro atoms. The molecule has 34 heavy (non-hydrogen) atoms. The maximum absolute atomic E-state index is 12.5. The lowest BCUT2D eigenvalue weighted by Crippen LogP contribution is -2.44. The maximum atomic E-state index is 12.5. The third-order valence-corrected chi connectivity index (χ3v) is 5.33. The van der Waals surface area contributed by atoms with E-state index in [2.05, 4.69) is 25.3 Å². The summed E-state index contributed by atoms with van der Waals surface area (Å²) in [6, 6.07) is -1.29. The number of hydrogen-bond donors (Lipinski definition) is 5. The fraction of sp³-hybridized carbons (Fsp3) is 0.400. The first kappa shape index (κ1) is 24.3. The quantitative estimate of drug-likeness (QED) is 0.273. The number of nitrogen functional groups attached to an aromatic ring is 1. The monoisotopic (exact) mass is 473 g/mol. The van der Waals surface area contributed by atoms with E-state index in [4.69, 9.17) is 10.8 Å². The highest BCUT2D eigenvalue weighted by atomic mass is 16.4. The Bertz CT molecular complexity index is 1210. The van der Waals surface area contributed by atoms with Gasteiger partial charge in [0.2, 0.25) is 18.3 Å². The van der Waals surface area contributed by atoms with Crippen molar-refractivity contribution < 1.29 is 29.4 Å². The van der Waals surface area contributed by atoms with Crippen molar-refractivity contribution in [2.45, 2.75) is 44.7 Å². The maximum Gasteiger partial charge on any atom is 0.326 e. The minimum absolute atomic E-state index is 0.0113. The van der Waals surface area contributed by atoms with Crippen molar-refractivity contribution in [2.75, 3.05) is 5.73 Å². The molecule has 0 fully saturated rings. The van der Waals surface area contributed by atoms with Crippen molar-refractivity contribution in [3.8, 4) is 0 Å². The number of amides is 2.